The second-order valence-corrected chi connectivity index (χ2v) is 4.96. The van der Waals surface area contributed by atoms with E-state index in [4.69, 9.17) is 17.3 Å². The van der Waals surface area contributed by atoms with Gasteiger partial charge in [-0.1, -0.05) is 37.6 Å². The monoisotopic (exact) mass is 263 g/mol. The summed E-state index contributed by atoms with van der Waals surface area (Å²) in [7, 11) is 0. The molecule has 1 aromatic heterocycles. The Kier molecular flexibility index (Phi) is 3.73. The highest BCUT2D eigenvalue weighted by atomic mass is 35.5. The number of halogens is 1. The molecule has 0 radical (unpaired) electrons. The van der Waals surface area contributed by atoms with Crippen LogP contribution in [-0.2, 0) is 5.54 Å². The Morgan fingerprint density at radius 1 is 1.33 bits per heavy atom. The lowest BCUT2D eigenvalue weighted by Gasteiger charge is -2.23. The number of aromatic nitrogens is 2. The third-order valence-corrected chi connectivity index (χ3v) is 3.68. The van der Waals surface area contributed by atoms with Crippen LogP contribution in [0.3, 0.4) is 0 Å². The second kappa shape index (κ2) is 5.12. The van der Waals surface area contributed by atoms with E-state index in [0.717, 1.165) is 29.9 Å². The molecule has 1 heterocycles. The van der Waals surface area contributed by atoms with Gasteiger partial charge in [-0.15, -0.1) is 0 Å². The Bertz CT molecular complexity index is 529. The Morgan fingerprint density at radius 2 is 2.06 bits per heavy atom. The van der Waals surface area contributed by atoms with E-state index in [1.807, 2.05) is 30.5 Å². The summed E-state index contributed by atoms with van der Waals surface area (Å²) in [5, 5.41) is 0.716. The summed E-state index contributed by atoms with van der Waals surface area (Å²) < 4.78 is 0. The molecule has 0 saturated heterocycles. The van der Waals surface area contributed by atoms with Gasteiger partial charge in [0, 0.05) is 10.6 Å². The maximum atomic E-state index is 6.32. The third-order valence-electron chi connectivity index (χ3n) is 3.44. The van der Waals surface area contributed by atoms with Crippen LogP contribution in [0.5, 0.6) is 0 Å². The zero-order valence-electron chi connectivity index (χ0n) is 10.7. The first-order valence-corrected chi connectivity index (χ1v) is 6.57. The predicted octanol–water partition coefficient (Wildman–Crippen LogP) is 3.70. The van der Waals surface area contributed by atoms with Crippen molar-refractivity contribution in [2.75, 3.05) is 0 Å². The molecule has 0 fully saturated rings. The zero-order chi connectivity index (χ0) is 13.2. The average Bonchev–Trinajstić information content (AvgIpc) is 2.88. The van der Waals surface area contributed by atoms with Crippen molar-refractivity contribution in [1.82, 2.24) is 9.97 Å². The number of nitrogens with one attached hydrogen (secondary N) is 1. The number of nitrogens with zero attached hydrogens (tertiary/aromatic N) is 1. The fourth-order valence-corrected chi connectivity index (χ4v) is 2.15. The smallest absolute Gasteiger partial charge is 0.126 e. The summed E-state index contributed by atoms with van der Waals surface area (Å²) in [4.78, 5) is 7.72. The number of H-pyrrole nitrogens is 1. The first kappa shape index (κ1) is 13.1. The van der Waals surface area contributed by atoms with E-state index in [0.29, 0.717) is 5.02 Å². The summed E-state index contributed by atoms with van der Waals surface area (Å²) in [6, 6.07) is 7.69. The van der Waals surface area contributed by atoms with Crippen LogP contribution in [0.1, 0.15) is 32.5 Å². The van der Waals surface area contributed by atoms with E-state index in [9.17, 15) is 0 Å². The van der Waals surface area contributed by atoms with E-state index in [2.05, 4.69) is 23.8 Å². The minimum Gasteiger partial charge on any atom is -0.340 e. The average molecular weight is 264 g/mol. The van der Waals surface area contributed by atoms with Crippen LogP contribution in [0, 0.1) is 0 Å². The molecule has 1 aromatic carbocycles. The number of aromatic amines is 1. The van der Waals surface area contributed by atoms with Crippen molar-refractivity contribution in [2.45, 2.75) is 32.2 Å². The van der Waals surface area contributed by atoms with Gasteiger partial charge in [-0.25, -0.2) is 4.98 Å². The van der Waals surface area contributed by atoms with Gasteiger partial charge in [-0.2, -0.15) is 0 Å². The minimum absolute atomic E-state index is 0.378. The van der Waals surface area contributed by atoms with E-state index in [1.165, 1.54) is 0 Å². The summed E-state index contributed by atoms with van der Waals surface area (Å²) in [5.41, 5.74) is 7.91. The highest BCUT2D eigenvalue weighted by molar-refractivity contribution is 6.30. The van der Waals surface area contributed by atoms with Gasteiger partial charge in [-0.3, -0.25) is 0 Å². The molecule has 3 nitrogen and oxygen atoms in total. The largest absolute Gasteiger partial charge is 0.340 e. The minimum atomic E-state index is -0.378. The van der Waals surface area contributed by atoms with Gasteiger partial charge in [-0.05, 0) is 25.0 Å². The number of hydrogen-bond acceptors (Lipinski definition) is 2. The predicted molar refractivity (Wildman–Crippen MR) is 75.5 cm³/mol. The number of imidazole rings is 1. The van der Waals surface area contributed by atoms with E-state index in [-0.39, 0.29) is 5.54 Å². The molecule has 0 aliphatic carbocycles. The number of benzene rings is 1. The molecule has 2 aromatic rings. The van der Waals surface area contributed by atoms with Crippen LogP contribution in [0.25, 0.3) is 11.3 Å². The van der Waals surface area contributed by atoms with Gasteiger partial charge in [0.1, 0.15) is 5.82 Å². The van der Waals surface area contributed by atoms with Crippen molar-refractivity contribution in [3.8, 4) is 11.3 Å². The fraction of sp³-hybridized carbons (Fsp3) is 0.357. The summed E-state index contributed by atoms with van der Waals surface area (Å²) in [6.07, 6.45) is 3.52. The standard InChI is InChI=1S/C14H18ClN3/c1-3-14(16,4-2)13-17-9-12(18-13)10-6-5-7-11(15)8-10/h5-9H,3-4,16H2,1-2H3,(H,17,18). The Morgan fingerprint density at radius 3 is 2.67 bits per heavy atom. The molecule has 0 amide bonds. The fourth-order valence-electron chi connectivity index (χ4n) is 1.96. The Labute approximate surface area is 112 Å². The van der Waals surface area contributed by atoms with Crippen molar-refractivity contribution in [3.63, 3.8) is 0 Å². The Hall–Kier alpha value is -1.32. The Balaban J connectivity index is 2.36. The first-order valence-electron chi connectivity index (χ1n) is 6.19. The van der Waals surface area contributed by atoms with E-state index < -0.39 is 0 Å². The summed E-state index contributed by atoms with van der Waals surface area (Å²) >= 11 is 5.99. The third kappa shape index (κ3) is 2.42. The van der Waals surface area contributed by atoms with Crippen LogP contribution in [0.4, 0.5) is 0 Å². The van der Waals surface area contributed by atoms with Gasteiger partial charge in [0.2, 0.25) is 0 Å². The van der Waals surface area contributed by atoms with Gasteiger partial charge in [0.05, 0.1) is 17.4 Å². The molecule has 0 spiro atoms. The van der Waals surface area contributed by atoms with Crippen LogP contribution in [-0.4, -0.2) is 9.97 Å². The lowest BCUT2D eigenvalue weighted by atomic mass is 9.93. The van der Waals surface area contributed by atoms with Crippen molar-refractivity contribution in [2.24, 2.45) is 5.73 Å². The summed E-state index contributed by atoms with van der Waals surface area (Å²) in [6.45, 7) is 4.15. The normalized spacial score (nSPS) is 11.8. The molecule has 0 unspecified atom stereocenters. The van der Waals surface area contributed by atoms with Gasteiger partial charge in [0.25, 0.3) is 0 Å². The topological polar surface area (TPSA) is 54.7 Å². The van der Waals surface area contributed by atoms with E-state index >= 15 is 0 Å². The van der Waals surface area contributed by atoms with Gasteiger partial charge < -0.3 is 10.7 Å². The van der Waals surface area contributed by atoms with Crippen molar-refractivity contribution >= 4 is 11.6 Å². The maximum absolute atomic E-state index is 6.32. The molecule has 3 N–H and O–H groups in total. The van der Waals surface area contributed by atoms with Crippen molar-refractivity contribution in [1.29, 1.82) is 0 Å². The van der Waals surface area contributed by atoms with Crippen LogP contribution < -0.4 is 5.73 Å². The molecule has 0 aliphatic heterocycles. The van der Waals surface area contributed by atoms with Gasteiger partial charge in [0.15, 0.2) is 0 Å². The van der Waals surface area contributed by atoms with Crippen LogP contribution in [0.2, 0.25) is 5.02 Å². The highest BCUT2D eigenvalue weighted by Gasteiger charge is 2.26. The maximum Gasteiger partial charge on any atom is 0.126 e. The SMILES string of the molecule is CCC(N)(CC)c1ncc(-c2cccc(Cl)c2)[nH]1. The molecule has 0 saturated carbocycles. The lowest BCUT2D eigenvalue weighted by Crippen LogP contribution is -2.36. The molecular formula is C14H18ClN3. The van der Waals surface area contributed by atoms with Gasteiger partial charge >= 0.3 is 0 Å². The van der Waals surface area contributed by atoms with Crippen LogP contribution >= 0.6 is 11.6 Å². The quantitative estimate of drug-likeness (QED) is 0.884. The molecule has 18 heavy (non-hydrogen) atoms. The molecule has 2 rings (SSSR count). The molecule has 0 aliphatic rings. The number of nitrogens with two attached hydrogens (primary N) is 1. The number of hydrogen-bond donors (Lipinski definition) is 2. The zero-order valence-corrected chi connectivity index (χ0v) is 11.5. The molecule has 4 heteroatoms. The van der Waals surface area contributed by atoms with E-state index in [1.54, 1.807) is 0 Å². The highest BCUT2D eigenvalue weighted by Crippen LogP contribution is 2.26. The number of rotatable bonds is 4. The van der Waals surface area contributed by atoms with Crippen LogP contribution in [0.15, 0.2) is 30.5 Å². The first-order chi connectivity index (χ1) is 8.59. The molecule has 0 atom stereocenters. The second-order valence-electron chi connectivity index (χ2n) is 4.52. The van der Waals surface area contributed by atoms with Crippen molar-refractivity contribution in [3.05, 3.63) is 41.3 Å². The molecular weight excluding hydrogens is 246 g/mol. The summed E-state index contributed by atoms with van der Waals surface area (Å²) in [5.74, 6) is 0.836. The molecule has 0 bridgehead atoms. The molecule has 96 valence electrons. The lowest BCUT2D eigenvalue weighted by molar-refractivity contribution is 0.391. The van der Waals surface area contributed by atoms with Crippen molar-refractivity contribution < 1.29 is 0 Å².